The summed E-state index contributed by atoms with van der Waals surface area (Å²) in [5.41, 5.74) is 0.160. The number of hydrogen-bond acceptors (Lipinski definition) is 7. The van der Waals surface area contributed by atoms with Gasteiger partial charge in [-0.05, 0) is 82.2 Å². The van der Waals surface area contributed by atoms with Gasteiger partial charge in [0.15, 0.2) is 15.6 Å². The molecule has 1 saturated carbocycles. The van der Waals surface area contributed by atoms with Gasteiger partial charge in [-0.3, -0.25) is 9.69 Å². The van der Waals surface area contributed by atoms with Crippen LogP contribution < -0.4 is 0 Å². The number of piperidine rings is 1. The Balaban J connectivity index is 1.45. The van der Waals surface area contributed by atoms with Crippen molar-refractivity contribution in [1.82, 2.24) is 4.90 Å². The summed E-state index contributed by atoms with van der Waals surface area (Å²) in [7, 11) is -3.31. The van der Waals surface area contributed by atoms with Crippen molar-refractivity contribution in [2.75, 3.05) is 6.26 Å². The SMILES string of the molecule is CC(C)(C)OC(=O)N1[C@@H]2CC[C@@H](C2)[C@H]1C(=O)C[C@H](C#N)Cc1ccc(-c2cccc(S(C)(=O)=O)c2)s1. The van der Waals surface area contributed by atoms with Crippen molar-refractivity contribution in [3.8, 4) is 16.5 Å². The molecule has 7 nitrogen and oxygen atoms in total. The fourth-order valence-electron chi connectivity index (χ4n) is 5.27. The third-order valence-electron chi connectivity index (χ3n) is 6.81. The second kappa shape index (κ2) is 9.98. The highest BCUT2D eigenvalue weighted by molar-refractivity contribution is 7.90. The van der Waals surface area contributed by atoms with Crippen molar-refractivity contribution >= 4 is 33.1 Å². The summed E-state index contributed by atoms with van der Waals surface area (Å²) in [6.07, 6.45) is 3.85. The maximum absolute atomic E-state index is 13.4. The number of rotatable bonds is 7. The van der Waals surface area contributed by atoms with Gasteiger partial charge in [0.25, 0.3) is 0 Å². The molecule has 4 atom stereocenters. The third-order valence-corrected chi connectivity index (χ3v) is 9.07. The van der Waals surface area contributed by atoms with Crippen molar-refractivity contribution in [3.63, 3.8) is 0 Å². The van der Waals surface area contributed by atoms with Crippen molar-refractivity contribution < 1.29 is 22.7 Å². The number of nitriles is 1. The standard InChI is InChI=1S/C27H32N2O5S2/c1-27(2,3)34-26(31)29-20-9-8-19(14-20)25(29)23(30)13-17(16-28)12-21-10-11-24(35-21)18-6-5-7-22(15-18)36(4,32)33/h5-7,10-11,15,17,19-20,25H,8-9,12-14H2,1-4H3/t17-,19+,20-,25+/m1/s1. The van der Waals surface area contributed by atoms with E-state index in [4.69, 9.17) is 4.74 Å². The molecule has 1 aromatic heterocycles. The molecule has 2 aromatic rings. The first-order chi connectivity index (χ1) is 16.9. The van der Waals surface area contributed by atoms with Gasteiger partial charge < -0.3 is 4.74 Å². The second-order valence-corrected chi connectivity index (χ2v) is 14.0. The van der Waals surface area contributed by atoms with E-state index in [1.165, 1.54) is 17.6 Å². The molecule has 2 fully saturated rings. The number of nitrogens with zero attached hydrogens (tertiary/aromatic N) is 2. The lowest BCUT2D eigenvalue weighted by Crippen LogP contribution is -2.51. The molecule has 0 radical (unpaired) electrons. The lowest BCUT2D eigenvalue weighted by molar-refractivity contribution is -0.126. The highest BCUT2D eigenvalue weighted by atomic mass is 32.2. The second-order valence-electron chi connectivity index (χ2n) is 10.8. The van der Waals surface area contributed by atoms with E-state index in [0.29, 0.717) is 6.42 Å². The zero-order valence-corrected chi connectivity index (χ0v) is 22.7. The van der Waals surface area contributed by atoms with Crippen molar-refractivity contribution in [1.29, 1.82) is 5.26 Å². The minimum absolute atomic E-state index is 0.0295. The Hall–Kier alpha value is -2.70. The summed E-state index contributed by atoms with van der Waals surface area (Å²) in [6, 6.07) is 12.4. The Morgan fingerprint density at radius 2 is 1.97 bits per heavy atom. The van der Waals surface area contributed by atoms with Gasteiger partial charge in [-0.2, -0.15) is 5.26 Å². The number of benzene rings is 1. The molecule has 4 rings (SSSR count). The lowest BCUT2D eigenvalue weighted by atomic mass is 9.89. The molecule has 1 aromatic carbocycles. The number of amides is 1. The molecule has 2 bridgehead atoms. The van der Waals surface area contributed by atoms with E-state index < -0.39 is 33.5 Å². The number of Topliss-reactive ketones (excluding diaryl/α,β-unsaturated/α-hetero) is 1. The van der Waals surface area contributed by atoms with Gasteiger partial charge in [0.05, 0.1) is 22.9 Å². The quantitative estimate of drug-likeness (QED) is 0.486. The van der Waals surface area contributed by atoms with Crippen LogP contribution in [0.3, 0.4) is 0 Å². The zero-order valence-electron chi connectivity index (χ0n) is 21.1. The molecule has 1 saturated heterocycles. The first kappa shape index (κ1) is 26.4. The molecule has 0 unspecified atom stereocenters. The molecule has 0 spiro atoms. The fraction of sp³-hybridized carbons (Fsp3) is 0.519. The molecule has 2 heterocycles. The largest absolute Gasteiger partial charge is 0.444 e. The van der Waals surface area contributed by atoms with E-state index in [9.17, 15) is 23.3 Å². The van der Waals surface area contributed by atoms with Crippen molar-refractivity contribution in [2.24, 2.45) is 11.8 Å². The number of carbonyl (C=O) groups is 2. The first-order valence-corrected chi connectivity index (χ1v) is 14.9. The Bertz CT molecular complexity index is 1300. The zero-order chi connectivity index (χ0) is 26.3. The first-order valence-electron chi connectivity index (χ1n) is 12.2. The van der Waals surface area contributed by atoms with E-state index in [1.807, 2.05) is 39.0 Å². The predicted molar refractivity (Wildman–Crippen MR) is 138 cm³/mol. The molecule has 2 aliphatic rings. The van der Waals surface area contributed by atoms with Crippen molar-refractivity contribution in [3.05, 3.63) is 41.3 Å². The lowest BCUT2D eigenvalue weighted by Gasteiger charge is -2.35. The van der Waals surface area contributed by atoms with Crippen LogP contribution in [0.25, 0.3) is 10.4 Å². The van der Waals surface area contributed by atoms with Gasteiger partial charge in [-0.1, -0.05) is 12.1 Å². The Morgan fingerprint density at radius 3 is 2.64 bits per heavy atom. The molecule has 0 N–H and O–H groups in total. The van der Waals surface area contributed by atoms with Crippen LogP contribution >= 0.6 is 11.3 Å². The normalized spacial score (nSPS) is 22.3. The smallest absolute Gasteiger partial charge is 0.411 e. The average Bonchev–Trinajstić information content (AvgIpc) is 3.53. The highest BCUT2D eigenvalue weighted by Gasteiger charge is 2.52. The number of thiophene rings is 1. The summed E-state index contributed by atoms with van der Waals surface area (Å²) < 4.78 is 29.4. The Kier molecular flexibility index (Phi) is 7.31. The summed E-state index contributed by atoms with van der Waals surface area (Å²) in [5.74, 6) is -0.451. The van der Waals surface area contributed by atoms with Gasteiger partial charge in [0.1, 0.15) is 5.60 Å². The predicted octanol–water partition coefficient (Wildman–Crippen LogP) is 5.25. The monoisotopic (exact) mass is 528 g/mol. The number of likely N-dealkylation sites (tertiary alicyclic amines) is 1. The third kappa shape index (κ3) is 5.81. The average molecular weight is 529 g/mol. The van der Waals surface area contributed by atoms with Crippen LogP contribution in [0.2, 0.25) is 0 Å². The van der Waals surface area contributed by atoms with Crippen LogP contribution in [0, 0.1) is 23.2 Å². The molecule has 1 aliphatic heterocycles. The number of ether oxygens (including phenoxy) is 1. The molecular weight excluding hydrogens is 496 g/mol. The summed E-state index contributed by atoms with van der Waals surface area (Å²) in [6.45, 7) is 5.44. The molecule has 9 heteroatoms. The summed E-state index contributed by atoms with van der Waals surface area (Å²) >= 11 is 1.49. The highest BCUT2D eigenvalue weighted by Crippen LogP contribution is 2.44. The van der Waals surface area contributed by atoms with Crippen LogP contribution in [0.15, 0.2) is 41.3 Å². The van der Waals surface area contributed by atoms with Crippen LogP contribution in [-0.2, 0) is 25.8 Å². The molecule has 192 valence electrons. The summed E-state index contributed by atoms with van der Waals surface area (Å²) in [5, 5.41) is 9.82. The van der Waals surface area contributed by atoms with E-state index >= 15 is 0 Å². The minimum atomic E-state index is -3.31. The Morgan fingerprint density at radius 1 is 1.22 bits per heavy atom. The number of hydrogen-bond donors (Lipinski definition) is 0. The molecular formula is C27H32N2O5S2. The fourth-order valence-corrected chi connectivity index (χ4v) is 7.02. The van der Waals surface area contributed by atoms with Crippen molar-refractivity contribution in [2.45, 2.75) is 75.5 Å². The minimum Gasteiger partial charge on any atom is -0.444 e. The molecule has 36 heavy (non-hydrogen) atoms. The van der Waals surface area contributed by atoms with E-state index in [0.717, 1.165) is 34.6 Å². The maximum Gasteiger partial charge on any atom is 0.411 e. The van der Waals surface area contributed by atoms with Crippen LogP contribution in [0.4, 0.5) is 4.79 Å². The summed E-state index contributed by atoms with van der Waals surface area (Å²) in [4.78, 5) is 30.0. The van der Waals surface area contributed by atoms with Gasteiger partial charge in [-0.25, -0.2) is 13.2 Å². The number of carbonyl (C=O) groups excluding carboxylic acids is 2. The number of fused-ring (bicyclic) bond motifs is 2. The van der Waals surface area contributed by atoms with E-state index in [-0.39, 0.29) is 29.1 Å². The Labute approximate surface area is 217 Å². The number of sulfone groups is 1. The van der Waals surface area contributed by atoms with Gasteiger partial charge in [-0.15, -0.1) is 11.3 Å². The van der Waals surface area contributed by atoms with Gasteiger partial charge in [0.2, 0.25) is 0 Å². The topological polar surface area (TPSA) is 105 Å². The van der Waals surface area contributed by atoms with E-state index in [1.54, 1.807) is 23.1 Å². The van der Waals surface area contributed by atoms with Crippen LogP contribution in [-0.4, -0.2) is 49.1 Å². The van der Waals surface area contributed by atoms with Gasteiger partial charge >= 0.3 is 6.09 Å². The van der Waals surface area contributed by atoms with Gasteiger partial charge in [0, 0.05) is 28.5 Å². The maximum atomic E-state index is 13.4. The van der Waals surface area contributed by atoms with Crippen LogP contribution in [0.1, 0.15) is 51.3 Å². The molecule has 1 aliphatic carbocycles. The molecule has 1 amide bonds. The van der Waals surface area contributed by atoms with Crippen LogP contribution in [0.5, 0.6) is 0 Å². The van der Waals surface area contributed by atoms with E-state index in [2.05, 4.69) is 6.07 Å². The number of ketones is 1.